The maximum Gasteiger partial charge on any atom is 0.235 e. The molecule has 0 aromatic heterocycles. The van der Waals surface area contributed by atoms with Crippen LogP contribution in [0.4, 0.5) is 0 Å². The van der Waals surface area contributed by atoms with Crippen LogP contribution in [0.3, 0.4) is 0 Å². The lowest BCUT2D eigenvalue weighted by molar-refractivity contribution is -0.530. The van der Waals surface area contributed by atoms with Gasteiger partial charge in [0.05, 0.1) is 0 Å². The molecule has 0 aliphatic heterocycles. The van der Waals surface area contributed by atoms with Crippen LogP contribution >= 0.6 is 0 Å². The van der Waals surface area contributed by atoms with Crippen molar-refractivity contribution >= 4 is 0 Å². The summed E-state index contributed by atoms with van der Waals surface area (Å²) >= 11 is 0. The van der Waals surface area contributed by atoms with E-state index in [2.05, 4.69) is 32.9 Å². The van der Waals surface area contributed by atoms with Crippen molar-refractivity contribution in [2.24, 2.45) is 5.92 Å². The first kappa shape index (κ1) is 19.8. The summed E-state index contributed by atoms with van der Waals surface area (Å²) < 4.78 is 0. The van der Waals surface area contributed by atoms with Crippen molar-refractivity contribution in [3.05, 3.63) is 33.4 Å². The molecule has 0 heterocycles. The molecular weight excluding hydrogens is 266 g/mol. The molecule has 0 aromatic rings. The number of aliphatic hydroxyl groups is 1. The van der Waals surface area contributed by atoms with E-state index in [1.807, 2.05) is 6.92 Å². The van der Waals surface area contributed by atoms with Crippen molar-refractivity contribution in [3.63, 3.8) is 0 Å². The third-order valence-electron chi connectivity index (χ3n) is 3.78. The van der Waals surface area contributed by atoms with Gasteiger partial charge in [-0.15, -0.1) is 0 Å². The number of hydrogen-bond acceptors (Lipinski definition) is 3. The molecular formula is C17H31NO3. The number of aliphatic hydroxyl groups excluding tert-OH is 1. The summed E-state index contributed by atoms with van der Waals surface area (Å²) in [5.74, 6) is 0.296. The molecule has 4 nitrogen and oxygen atoms in total. The Bertz CT molecular complexity index is 370. The van der Waals surface area contributed by atoms with Gasteiger partial charge in [0.15, 0.2) is 0 Å². The molecule has 0 bridgehead atoms. The summed E-state index contributed by atoms with van der Waals surface area (Å²) in [6.07, 6.45) is 8.24. The van der Waals surface area contributed by atoms with Crippen molar-refractivity contribution in [1.29, 1.82) is 0 Å². The van der Waals surface area contributed by atoms with E-state index >= 15 is 0 Å². The van der Waals surface area contributed by atoms with Gasteiger partial charge in [-0.3, -0.25) is 10.1 Å². The van der Waals surface area contributed by atoms with E-state index < -0.39 is 17.1 Å². The van der Waals surface area contributed by atoms with Crippen LogP contribution in [0.15, 0.2) is 23.3 Å². The predicted molar refractivity (Wildman–Crippen MR) is 87.9 cm³/mol. The highest BCUT2D eigenvalue weighted by Gasteiger charge is 2.25. The maximum absolute atomic E-state index is 10.6. The summed E-state index contributed by atoms with van der Waals surface area (Å²) in [5.41, 5.74) is 2.74. The van der Waals surface area contributed by atoms with Gasteiger partial charge in [0.25, 0.3) is 0 Å². The Kier molecular flexibility index (Phi) is 9.97. The van der Waals surface area contributed by atoms with E-state index in [1.54, 1.807) is 0 Å². The largest absolute Gasteiger partial charge is 0.386 e. The third kappa shape index (κ3) is 10.2. The summed E-state index contributed by atoms with van der Waals surface area (Å²) in [6.45, 7) is 9.87. The highest BCUT2D eigenvalue weighted by atomic mass is 16.6. The van der Waals surface area contributed by atoms with Crippen LogP contribution in [0.5, 0.6) is 0 Å². The van der Waals surface area contributed by atoms with E-state index in [9.17, 15) is 15.2 Å². The number of nitrogens with zero attached hydrogens (tertiary/aromatic N) is 1. The fourth-order valence-corrected chi connectivity index (χ4v) is 2.17. The third-order valence-corrected chi connectivity index (χ3v) is 3.78. The van der Waals surface area contributed by atoms with E-state index in [4.69, 9.17) is 0 Å². The van der Waals surface area contributed by atoms with Gasteiger partial charge >= 0.3 is 0 Å². The zero-order chi connectivity index (χ0) is 16.4. The van der Waals surface area contributed by atoms with Gasteiger partial charge in [-0.1, -0.05) is 30.2 Å². The number of hydrogen-bond donors (Lipinski definition) is 1. The van der Waals surface area contributed by atoms with E-state index in [0.29, 0.717) is 12.3 Å². The second kappa shape index (κ2) is 10.6. The number of rotatable bonds is 10. The molecule has 0 rings (SSSR count). The molecule has 0 aliphatic carbocycles. The Morgan fingerprint density at radius 1 is 1.19 bits per heavy atom. The number of nitro groups is 1. The van der Waals surface area contributed by atoms with Crippen LogP contribution in [0, 0.1) is 16.0 Å². The van der Waals surface area contributed by atoms with Crippen molar-refractivity contribution < 1.29 is 10.0 Å². The van der Waals surface area contributed by atoms with Gasteiger partial charge in [0, 0.05) is 11.8 Å². The standard InChI is InChI=1S/C17H31NO3/c1-13(2)8-6-9-14(3)10-7-11-15(4)12-17(19)16(5)18(20)21/h8,10,15-17,19H,6-7,9,11-12H2,1-5H3. The van der Waals surface area contributed by atoms with E-state index in [-0.39, 0.29) is 0 Å². The zero-order valence-corrected chi connectivity index (χ0v) is 14.1. The molecule has 0 spiro atoms. The van der Waals surface area contributed by atoms with Crippen LogP contribution in [0.1, 0.15) is 66.7 Å². The zero-order valence-electron chi connectivity index (χ0n) is 14.1. The normalized spacial score (nSPS) is 16.2. The van der Waals surface area contributed by atoms with Gasteiger partial charge in [0.2, 0.25) is 6.04 Å². The lowest BCUT2D eigenvalue weighted by atomic mass is 9.95. The molecule has 21 heavy (non-hydrogen) atoms. The van der Waals surface area contributed by atoms with Crippen LogP contribution in [0.25, 0.3) is 0 Å². The van der Waals surface area contributed by atoms with Gasteiger partial charge in [-0.25, -0.2) is 0 Å². The molecule has 4 heteroatoms. The minimum Gasteiger partial charge on any atom is -0.386 e. The Morgan fingerprint density at radius 3 is 2.33 bits per heavy atom. The molecule has 1 N–H and O–H groups in total. The SMILES string of the molecule is CC(C)=CCCC(C)=CCCC(C)CC(O)C(C)[N+](=O)[O-]. The Hall–Kier alpha value is -1.16. The topological polar surface area (TPSA) is 63.4 Å². The van der Waals surface area contributed by atoms with Crippen LogP contribution in [0.2, 0.25) is 0 Å². The molecule has 0 aliphatic rings. The average Bonchev–Trinajstić information content (AvgIpc) is 2.36. The van der Waals surface area contributed by atoms with Crippen molar-refractivity contribution in [3.8, 4) is 0 Å². The predicted octanol–water partition coefficient (Wildman–Crippen LogP) is 4.51. The minimum absolute atomic E-state index is 0.296. The van der Waals surface area contributed by atoms with Gasteiger partial charge in [0.1, 0.15) is 6.10 Å². The summed E-state index contributed by atoms with van der Waals surface area (Å²) in [7, 11) is 0. The summed E-state index contributed by atoms with van der Waals surface area (Å²) in [5, 5.41) is 20.4. The van der Waals surface area contributed by atoms with Crippen LogP contribution < -0.4 is 0 Å². The Balaban J connectivity index is 3.99. The van der Waals surface area contributed by atoms with Crippen molar-refractivity contribution in [2.75, 3.05) is 0 Å². The minimum atomic E-state index is -0.881. The molecule has 3 atom stereocenters. The second-order valence-electron chi connectivity index (χ2n) is 6.38. The van der Waals surface area contributed by atoms with Crippen molar-refractivity contribution in [1.82, 2.24) is 0 Å². The summed E-state index contributed by atoms with van der Waals surface area (Å²) in [4.78, 5) is 10.2. The summed E-state index contributed by atoms with van der Waals surface area (Å²) in [6, 6.07) is -0.881. The van der Waals surface area contributed by atoms with Crippen molar-refractivity contribution in [2.45, 2.75) is 78.9 Å². The second-order valence-corrected chi connectivity index (χ2v) is 6.38. The Labute approximate surface area is 129 Å². The lowest BCUT2D eigenvalue weighted by Gasteiger charge is -2.16. The lowest BCUT2D eigenvalue weighted by Crippen LogP contribution is -2.31. The molecule has 122 valence electrons. The first-order valence-electron chi connectivity index (χ1n) is 7.84. The fraction of sp³-hybridized carbons (Fsp3) is 0.765. The molecule has 0 amide bonds. The van der Waals surface area contributed by atoms with Crippen LogP contribution in [-0.4, -0.2) is 22.2 Å². The number of allylic oxidation sites excluding steroid dienone is 4. The maximum atomic E-state index is 10.6. The smallest absolute Gasteiger partial charge is 0.235 e. The van der Waals surface area contributed by atoms with Crippen LogP contribution in [-0.2, 0) is 0 Å². The first-order valence-corrected chi connectivity index (χ1v) is 7.84. The molecule has 0 radical (unpaired) electrons. The molecule has 0 aromatic carbocycles. The quantitative estimate of drug-likeness (QED) is 0.366. The highest BCUT2D eigenvalue weighted by Crippen LogP contribution is 2.17. The molecule has 3 unspecified atom stereocenters. The monoisotopic (exact) mass is 297 g/mol. The van der Waals surface area contributed by atoms with E-state index in [0.717, 1.165) is 25.7 Å². The van der Waals surface area contributed by atoms with Gasteiger partial charge in [-0.2, -0.15) is 0 Å². The fourth-order valence-electron chi connectivity index (χ4n) is 2.17. The van der Waals surface area contributed by atoms with Gasteiger partial charge in [-0.05, 0) is 58.8 Å². The molecule has 0 fully saturated rings. The molecule has 0 saturated heterocycles. The highest BCUT2D eigenvalue weighted by molar-refractivity contribution is 5.02. The average molecular weight is 297 g/mol. The first-order chi connectivity index (χ1) is 9.73. The Morgan fingerprint density at radius 2 is 1.81 bits per heavy atom. The van der Waals surface area contributed by atoms with E-state index in [1.165, 1.54) is 18.1 Å². The van der Waals surface area contributed by atoms with Gasteiger partial charge < -0.3 is 5.11 Å². The molecule has 0 saturated carbocycles.